The minimum absolute atomic E-state index is 0.0169. The molecule has 0 spiro atoms. The largest absolute Gasteiger partial charge is 0.472 e. The van der Waals surface area contributed by atoms with Gasteiger partial charge in [0, 0.05) is 24.0 Å². The molecule has 4 aliphatic rings. The van der Waals surface area contributed by atoms with E-state index in [4.69, 9.17) is 25.3 Å². The quantitative estimate of drug-likeness (QED) is 0.254. The molecule has 1 saturated heterocycles. The zero-order valence-electron chi connectivity index (χ0n) is 30.8. The number of alkyl carbamates (subject to hydrolysis) is 1. The number of nitrogens with zero attached hydrogens (tertiary/aromatic N) is 3. The van der Waals surface area contributed by atoms with Gasteiger partial charge in [-0.1, -0.05) is 66.9 Å². The molecule has 17 heteroatoms. The number of fused-ring (bicyclic) bond motifs is 2. The third-order valence-electron chi connectivity index (χ3n) is 9.81. The molecule has 6 rings (SSSR count). The minimum Gasteiger partial charge on any atom is -0.472 e. The van der Waals surface area contributed by atoms with Crippen molar-refractivity contribution in [3.8, 4) is 17.3 Å². The molecule has 4 amide bonds. The van der Waals surface area contributed by atoms with Crippen molar-refractivity contribution < 1.29 is 41.3 Å². The van der Waals surface area contributed by atoms with E-state index in [0.717, 1.165) is 12.8 Å². The lowest BCUT2D eigenvalue weighted by Crippen LogP contribution is -2.58. The molecule has 2 aliphatic carbocycles. The normalized spacial score (nSPS) is 27.5. The van der Waals surface area contributed by atoms with Gasteiger partial charge in [-0.05, 0) is 66.2 Å². The van der Waals surface area contributed by atoms with Crippen molar-refractivity contribution in [3.05, 3.63) is 53.7 Å². The molecule has 1 aromatic heterocycles. The van der Waals surface area contributed by atoms with Crippen LogP contribution in [0.2, 0.25) is 5.15 Å². The number of hydrogen-bond acceptors (Lipinski definition) is 11. The first-order valence-corrected chi connectivity index (χ1v) is 20.1. The van der Waals surface area contributed by atoms with Crippen molar-refractivity contribution in [2.75, 3.05) is 6.54 Å². The highest BCUT2D eigenvalue weighted by Gasteiger charge is 2.62. The zero-order chi connectivity index (χ0) is 38.9. The van der Waals surface area contributed by atoms with Crippen molar-refractivity contribution >= 4 is 45.7 Å². The summed E-state index contributed by atoms with van der Waals surface area (Å²) < 4.78 is 44.7. The summed E-state index contributed by atoms with van der Waals surface area (Å²) >= 11 is 6.36. The van der Waals surface area contributed by atoms with Gasteiger partial charge in [-0.3, -0.25) is 14.4 Å². The lowest BCUT2D eigenvalue weighted by atomic mass is 10.0. The summed E-state index contributed by atoms with van der Waals surface area (Å²) in [7, 11) is -4.48. The van der Waals surface area contributed by atoms with E-state index in [9.17, 15) is 27.6 Å². The Bertz CT molecular complexity index is 1900. The van der Waals surface area contributed by atoms with Gasteiger partial charge < -0.3 is 25.0 Å². The number of benzene rings is 1. The average molecular weight is 787 g/mol. The van der Waals surface area contributed by atoms with Crippen LogP contribution in [0, 0.1) is 5.92 Å². The van der Waals surface area contributed by atoms with Crippen LogP contribution in [0.4, 0.5) is 4.79 Å². The van der Waals surface area contributed by atoms with Crippen LogP contribution in [-0.4, -0.2) is 88.6 Å². The average Bonchev–Trinajstić information content (AvgIpc) is 3.94. The Morgan fingerprint density at radius 2 is 1.81 bits per heavy atom. The highest BCUT2D eigenvalue weighted by molar-refractivity contribution is 7.85. The summed E-state index contributed by atoms with van der Waals surface area (Å²) in [5, 5.41) is 5.65. The fourth-order valence-electron chi connectivity index (χ4n) is 6.71. The molecule has 0 bridgehead atoms. The molecule has 292 valence electrons. The smallest absolute Gasteiger partial charge is 0.408 e. The lowest BCUT2D eigenvalue weighted by molar-refractivity contribution is -0.141. The van der Waals surface area contributed by atoms with Crippen molar-refractivity contribution in [2.24, 2.45) is 5.92 Å². The molecule has 3 heterocycles. The molecule has 0 unspecified atom stereocenters. The maximum Gasteiger partial charge on any atom is 0.408 e. The molecule has 15 nitrogen and oxygen atoms in total. The maximum atomic E-state index is 14.4. The van der Waals surface area contributed by atoms with Gasteiger partial charge in [0.2, 0.25) is 17.7 Å². The predicted molar refractivity (Wildman–Crippen MR) is 197 cm³/mol. The summed E-state index contributed by atoms with van der Waals surface area (Å²) in [6.45, 7) is 6.70. The van der Waals surface area contributed by atoms with Crippen molar-refractivity contribution in [2.45, 2.75) is 120 Å². The fourth-order valence-corrected chi connectivity index (χ4v) is 8.03. The number of amides is 4. The number of carbonyl (C=O) groups excluding carboxylic acids is 4. The van der Waals surface area contributed by atoms with Crippen LogP contribution in [0.1, 0.15) is 85.5 Å². The monoisotopic (exact) mass is 786 g/mol. The Balaban J connectivity index is 1.29. The highest BCUT2D eigenvalue weighted by Crippen LogP contribution is 2.46. The van der Waals surface area contributed by atoms with Crippen molar-refractivity contribution in [3.63, 3.8) is 0 Å². The Kier molecular flexibility index (Phi) is 11.3. The topological polar surface area (TPSA) is 195 Å². The molecule has 1 aromatic carbocycles. The van der Waals surface area contributed by atoms with Gasteiger partial charge in [-0.15, -0.1) is 0 Å². The third kappa shape index (κ3) is 9.87. The highest BCUT2D eigenvalue weighted by atomic mass is 35.5. The van der Waals surface area contributed by atoms with Crippen LogP contribution in [0.25, 0.3) is 11.4 Å². The van der Waals surface area contributed by atoms with E-state index in [0.29, 0.717) is 37.1 Å². The van der Waals surface area contributed by atoms with Crippen LogP contribution < -0.4 is 20.1 Å². The number of carbonyl (C=O) groups is 4. The second-order valence-electron chi connectivity index (χ2n) is 15.7. The van der Waals surface area contributed by atoms with Crippen LogP contribution in [0.5, 0.6) is 5.88 Å². The predicted octanol–water partition coefficient (Wildman–Crippen LogP) is 4.36. The Morgan fingerprint density at radius 3 is 2.52 bits per heavy atom. The van der Waals surface area contributed by atoms with E-state index in [2.05, 4.69) is 20.6 Å². The maximum absolute atomic E-state index is 14.4. The van der Waals surface area contributed by atoms with Crippen molar-refractivity contribution in [1.29, 1.82) is 0 Å². The molecule has 0 radical (unpaired) electrons. The van der Waals surface area contributed by atoms with Gasteiger partial charge in [-0.25, -0.2) is 18.7 Å². The summed E-state index contributed by atoms with van der Waals surface area (Å²) in [5.41, 5.74) is -2.61. The van der Waals surface area contributed by atoms with Gasteiger partial charge in [0.15, 0.2) is 5.82 Å². The van der Waals surface area contributed by atoms with Crippen LogP contribution in [0.3, 0.4) is 0 Å². The first kappa shape index (κ1) is 39.4. The van der Waals surface area contributed by atoms with Crippen LogP contribution in [0.15, 0.2) is 48.6 Å². The second-order valence-corrected chi connectivity index (χ2v) is 17.3. The minimum atomic E-state index is -4.48. The fraction of sp³-hybridized carbons (Fsp3) is 0.568. The molecular formula is C37H47ClN6O9S. The van der Waals surface area contributed by atoms with Crippen LogP contribution in [-0.2, 0) is 33.6 Å². The standard InChI is InChI=1S/C37H47ClN6O9S/c1-35(2,3)52-34(48)39-26-16-12-7-5-6-11-15-24-21-37(24,33(47)43-54(49,50)53-36(4)17-18-36)42-31(45)27-19-25(22-44(27)32(26)46)51-29-20-28(38)40-30(41-29)23-13-9-8-10-14-23/h8-11,13-15,20,24-27H,5-7,12,16-19,21-22H2,1-4H3,(H,39,48)(H,42,45)(H,43,47)/b15-11-/t24-,25+,26-,27-,37+/m0/s1. The van der Waals surface area contributed by atoms with Gasteiger partial charge in [0.05, 0.1) is 12.1 Å². The first-order chi connectivity index (χ1) is 25.4. The number of hydrogen-bond donors (Lipinski definition) is 3. The number of ether oxygens (including phenoxy) is 2. The van der Waals surface area contributed by atoms with Gasteiger partial charge in [0.25, 0.3) is 5.91 Å². The number of rotatable bonds is 8. The summed E-state index contributed by atoms with van der Waals surface area (Å²) in [6, 6.07) is 8.38. The van der Waals surface area contributed by atoms with E-state index >= 15 is 0 Å². The summed E-state index contributed by atoms with van der Waals surface area (Å²) in [6.07, 6.45) is 6.39. The summed E-state index contributed by atoms with van der Waals surface area (Å²) in [5.74, 6) is -2.23. The molecule has 2 saturated carbocycles. The van der Waals surface area contributed by atoms with Gasteiger partial charge >= 0.3 is 16.4 Å². The molecular weight excluding hydrogens is 740 g/mol. The third-order valence-corrected chi connectivity index (χ3v) is 11.1. The number of aromatic nitrogens is 2. The number of allylic oxidation sites excluding steroid dienone is 1. The Hall–Kier alpha value is -4.28. The van der Waals surface area contributed by atoms with Crippen molar-refractivity contribution in [1.82, 2.24) is 30.2 Å². The van der Waals surface area contributed by atoms with E-state index in [1.807, 2.05) is 47.2 Å². The van der Waals surface area contributed by atoms with Gasteiger partial charge in [0.1, 0.15) is 34.5 Å². The van der Waals surface area contributed by atoms with E-state index in [-0.39, 0.29) is 36.8 Å². The summed E-state index contributed by atoms with van der Waals surface area (Å²) in [4.78, 5) is 65.6. The number of nitrogens with one attached hydrogen (secondary N) is 3. The van der Waals surface area contributed by atoms with Crippen LogP contribution >= 0.6 is 11.6 Å². The zero-order valence-corrected chi connectivity index (χ0v) is 32.4. The number of halogens is 1. The molecule has 54 heavy (non-hydrogen) atoms. The SMILES string of the molecule is CC(C)(C)OC(=O)N[C@H]1CCCCC/C=C\[C@H]2C[C@@]2(C(=O)NS(=O)(=O)OC2(C)CC2)NC(=O)[C@@H]2C[C@@H](Oc3cc(Cl)nc(-c4ccccc4)n3)CN2C1=O. The molecule has 2 aromatic rings. The molecule has 2 aliphatic heterocycles. The second kappa shape index (κ2) is 15.5. The van der Waals surface area contributed by atoms with E-state index < -0.39 is 75.0 Å². The van der Waals surface area contributed by atoms with Gasteiger partial charge in [-0.2, -0.15) is 13.4 Å². The van der Waals surface area contributed by atoms with E-state index in [1.165, 1.54) is 11.0 Å². The Morgan fingerprint density at radius 1 is 1.07 bits per heavy atom. The Labute approximate surface area is 320 Å². The molecule has 5 atom stereocenters. The molecule has 3 N–H and O–H groups in total. The van der Waals surface area contributed by atoms with E-state index in [1.54, 1.807) is 27.7 Å². The molecule has 3 fully saturated rings. The lowest BCUT2D eigenvalue weighted by Gasteiger charge is -2.30. The first-order valence-electron chi connectivity index (χ1n) is 18.3.